The Bertz CT molecular complexity index is 557. The molecule has 2 heteroatoms. The van der Waals surface area contributed by atoms with Gasteiger partial charge in [0, 0.05) is 6.04 Å². The third kappa shape index (κ3) is 3.45. The van der Waals surface area contributed by atoms with Crippen LogP contribution >= 0.6 is 0 Å². The standard InChI is InChI=1S/C18H22FN/c1-4-20-17(12-15-9-6-10-16(19)11-15)18-13(2)7-5-8-14(18)3/h5-11,17,20H,4,12H2,1-3H3. The molecule has 0 amide bonds. The number of nitrogens with one attached hydrogen (secondary N) is 1. The second-order valence-electron chi connectivity index (χ2n) is 5.25. The van der Waals surface area contributed by atoms with Crippen LogP contribution in [0.5, 0.6) is 0 Å². The third-order valence-electron chi connectivity index (χ3n) is 3.67. The van der Waals surface area contributed by atoms with Gasteiger partial charge in [-0.25, -0.2) is 4.39 Å². The highest BCUT2D eigenvalue weighted by Crippen LogP contribution is 2.25. The van der Waals surface area contributed by atoms with E-state index in [-0.39, 0.29) is 11.9 Å². The number of benzene rings is 2. The molecule has 0 aliphatic carbocycles. The number of aryl methyl sites for hydroxylation is 2. The van der Waals surface area contributed by atoms with Gasteiger partial charge < -0.3 is 5.32 Å². The van der Waals surface area contributed by atoms with Crippen molar-refractivity contribution >= 4 is 0 Å². The van der Waals surface area contributed by atoms with Gasteiger partial charge in [-0.3, -0.25) is 0 Å². The Labute approximate surface area is 120 Å². The van der Waals surface area contributed by atoms with Crippen molar-refractivity contribution in [2.24, 2.45) is 0 Å². The molecule has 20 heavy (non-hydrogen) atoms. The van der Waals surface area contributed by atoms with E-state index in [1.54, 1.807) is 12.1 Å². The van der Waals surface area contributed by atoms with E-state index in [1.165, 1.54) is 22.8 Å². The molecule has 0 saturated carbocycles. The van der Waals surface area contributed by atoms with Gasteiger partial charge in [0.05, 0.1) is 0 Å². The van der Waals surface area contributed by atoms with Gasteiger partial charge in [0.2, 0.25) is 0 Å². The molecule has 1 N–H and O–H groups in total. The lowest BCUT2D eigenvalue weighted by molar-refractivity contribution is 0.542. The number of halogens is 1. The average Bonchev–Trinajstić information content (AvgIpc) is 2.38. The zero-order valence-electron chi connectivity index (χ0n) is 12.4. The molecule has 1 unspecified atom stereocenters. The van der Waals surface area contributed by atoms with E-state index in [0.717, 1.165) is 18.5 Å². The molecule has 0 aromatic heterocycles. The average molecular weight is 271 g/mol. The summed E-state index contributed by atoms with van der Waals surface area (Å²) in [5.41, 5.74) is 4.93. The fourth-order valence-corrected chi connectivity index (χ4v) is 2.80. The van der Waals surface area contributed by atoms with E-state index in [2.05, 4.69) is 44.3 Å². The van der Waals surface area contributed by atoms with Crippen LogP contribution in [-0.4, -0.2) is 6.54 Å². The normalized spacial score (nSPS) is 12.4. The quantitative estimate of drug-likeness (QED) is 0.853. The topological polar surface area (TPSA) is 12.0 Å². The van der Waals surface area contributed by atoms with Crippen molar-refractivity contribution in [2.75, 3.05) is 6.54 Å². The van der Waals surface area contributed by atoms with Crippen molar-refractivity contribution in [3.8, 4) is 0 Å². The van der Waals surface area contributed by atoms with Crippen molar-refractivity contribution in [3.63, 3.8) is 0 Å². The Morgan fingerprint density at radius 3 is 2.30 bits per heavy atom. The number of likely N-dealkylation sites (N-methyl/N-ethyl adjacent to an activating group) is 1. The molecule has 0 fully saturated rings. The van der Waals surface area contributed by atoms with Crippen molar-refractivity contribution in [2.45, 2.75) is 33.2 Å². The van der Waals surface area contributed by atoms with E-state index in [4.69, 9.17) is 0 Å². The molecule has 0 spiro atoms. The Kier molecular flexibility index (Phi) is 4.91. The molecule has 2 aromatic carbocycles. The minimum Gasteiger partial charge on any atom is -0.310 e. The summed E-state index contributed by atoms with van der Waals surface area (Å²) in [6.45, 7) is 7.27. The van der Waals surface area contributed by atoms with Gasteiger partial charge in [-0.1, -0.05) is 37.3 Å². The van der Waals surface area contributed by atoms with Crippen LogP contribution in [0.4, 0.5) is 4.39 Å². The lowest BCUT2D eigenvalue weighted by Gasteiger charge is -2.22. The van der Waals surface area contributed by atoms with Crippen LogP contribution in [-0.2, 0) is 6.42 Å². The molecule has 1 atom stereocenters. The van der Waals surface area contributed by atoms with Gasteiger partial charge in [-0.15, -0.1) is 0 Å². The summed E-state index contributed by atoms with van der Waals surface area (Å²) >= 11 is 0. The Morgan fingerprint density at radius 2 is 1.70 bits per heavy atom. The van der Waals surface area contributed by atoms with Gasteiger partial charge in [-0.05, 0) is 61.2 Å². The van der Waals surface area contributed by atoms with Crippen molar-refractivity contribution in [3.05, 3.63) is 70.5 Å². The first kappa shape index (κ1) is 14.7. The lowest BCUT2D eigenvalue weighted by Crippen LogP contribution is -2.24. The minimum absolute atomic E-state index is 0.167. The zero-order chi connectivity index (χ0) is 14.5. The molecule has 0 saturated heterocycles. The molecule has 0 radical (unpaired) electrons. The van der Waals surface area contributed by atoms with Gasteiger partial charge in [0.15, 0.2) is 0 Å². The van der Waals surface area contributed by atoms with E-state index < -0.39 is 0 Å². The van der Waals surface area contributed by atoms with Gasteiger partial charge in [0.1, 0.15) is 5.82 Å². The fourth-order valence-electron chi connectivity index (χ4n) is 2.80. The van der Waals surface area contributed by atoms with E-state index in [1.807, 2.05) is 6.07 Å². The molecule has 0 aliphatic heterocycles. The third-order valence-corrected chi connectivity index (χ3v) is 3.67. The maximum atomic E-state index is 13.3. The van der Waals surface area contributed by atoms with Crippen LogP contribution in [0.3, 0.4) is 0 Å². The van der Waals surface area contributed by atoms with E-state index >= 15 is 0 Å². The second-order valence-corrected chi connectivity index (χ2v) is 5.25. The highest BCUT2D eigenvalue weighted by Gasteiger charge is 2.15. The van der Waals surface area contributed by atoms with Crippen LogP contribution < -0.4 is 5.32 Å². The number of hydrogen-bond acceptors (Lipinski definition) is 1. The van der Waals surface area contributed by atoms with Crippen LogP contribution in [0.2, 0.25) is 0 Å². The highest BCUT2D eigenvalue weighted by atomic mass is 19.1. The zero-order valence-corrected chi connectivity index (χ0v) is 12.4. The maximum absolute atomic E-state index is 13.3. The predicted octanol–water partition coefficient (Wildman–Crippen LogP) is 4.34. The molecule has 2 aromatic rings. The minimum atomic E-state index is -0.167. The summed E-state index contributed by atoms with van der Waals surface area (Å²) in [5, 5.41) is 3.53. The summed E-state index contributed by atoms with van der Waals surface area (Å²) in [6, 6.07) is 13.5. The largest absolute Gasteiger partial charge is 0.310 e. The first-order chi connectivity index (χ1) is 9.61. The van der Waals surface area contributed by atoms with Crippen molar-refractivity contribution in [1.82, 2.24) is 5.32 Å². The Morgan fingerprint density at radius 1 is 1.05 bits per heavy atom. The number of rotatable bonds is 5. The summed E-state index contributed by atoms with van der Waals surface area (Å²) in [5.74, 6) is -0.167. The van der Waals surface area contributed by atoms with Crippen LogP contribution in [0, 0.1) is 19.7 Å². The summed E-state index contributed by atoms with van der Waals surface area (Å²) in [7, 11) is 0. The molecule has 106 valence electrons. The summed E-state index contributed by atoms with van der Waals surface area (Å²) < 4.78 is 13.3. The lowest BCUT2D eigenvalue weighted by atomic mass is 9.91. The van der Waals surface area contributed by atoms with Crippen molar-refractivity contribution in [1.29, 1.82) is 0 Å². The van der Waals surface area contributed by atoms with Crippen molar-refractivity contribution < 1.29 is 4.39 Å². The van der Waals surface area contributed by atoms with E-state index in [9.17, 15) is 4.39 Å². The molecule has 0 heterocycles. The first-order valence-electron chi connectivity index (χ1n) is 7.15. The van der Waals surface area contributed by atoms with E-state index in [0.29, 0.717) is 0 Å². The first-order valence-corrected chi connectivity index (χ1v) is 7.15. The summed E-state index contributed by atoms with van der Waals surface area (Å²) in [4.78, 5) is 0. The number of hydrogen-bond donors (Lipinski definition) is 1. The molecular weight excluding hydrogens is 249 g/mol. The van der Waals surface area contributed by atoms with Gasteiger partial charge >= 0.3 is 0 Å². The Hall–Kier alpha value is -1.67. The predicted molar refractivity (Wildman–Crippen MR) is 82.4 cm³/mol. The molecule has 0 bridgehead atoms. The molecule has 1 nitrogen and oxygen atoms in total. The SMILES string of the molecule is CCNC(Cc1cccc(F)c1)c1c(C)cccc1C. The second kappa shape index (κ2) is 6.67. The maximum Gasteiger partial charge on any atom is 0.123 e. The summed E-state index contributed by atoms with van der Waals surface area (Å²) in [6.07, 6.45) is 0.803. The monoisotopic (exact) mass is 271 g/mol. The highest BCUT2D eigenvalue weighted by molar-refractivity contribution is 5.37. The van der Waals surface area contributed by atoms with Crippen LogP contribution in [0.1, 0.15) is 35.2 Å². The molecule has 2 rings (SSSR count). The van der Waals surface area contributed by atoms with Crippen LogP contribution in [0.25, 0.3) is 0 Å². The molecule has 0 aliphatic rings. The van der Waals surface area contributed by atoms with Gasteiger partial charge in [0.25, 0.3) is 0 Å². The van der Waals surface area contributed by atoms with Gasteiger partial charge in [-0.2, -0.15) is 0 Å². The Balaban J connectivity index is 2.32. The smallest absolute Gasteiger partial charge is 0.123 e. The van der Waals surface area contributed by atoms with Crippen LogP contribution in [0.15, 0.2) is 42.5 Å². The molecular formula is C18H22FN. The fraction of sp³-hybridized carbons (Fsp3) is 0.333.